The maximum Gasteiger partial charge on any atom is 0.251 e. The van der Waals surface area contributed by atoms with Crippen LogP contribution in [0.1, 0.15) is 22.3 Å². The minimum Gasteiger partial charge on any atom is -0.496 e. The lowest BCUT2D eigenvalue weighted by molar-refractivity contribution is 0.0374. The summed E-state index contributed by atoms with van der Waals surface area (Å²) in [5.74, 6) is 2.17. The zero-order valence-corrected chi connectivity index (χ0v) is 22.1. The largest absolute Gasteiger partial charge is 0.496 e. The molecular formula is C27H35N5O6. The molecule has 2 heterocycles. The van der Waals surface area contributed by atoms with Crippen molar-refractivity contribution in [3.05, 3.63) is 47.8 Å². The molecule has 11 nitrogen and oxygen atoms in total. The molecule has 1 aliphatic rings. The van der Waals surface area contributed by atoms with Crippen molar-refractivity contribution in [2.24, 2.45) is 0 Å². The normalized spacial score (nSPS) is 13.8. The van der Waals surface area contributed by atoms with Gasteiger partial charge in [0.25, 0.3) is 5.91 Å². The predicted octanol–water partition coefficient (Wildman–Crippen LogP) is 2.23. The van der Waals surface area contributed by atoms with Crippen molar-refractivity contribution in [2.75, 3.05) is 67.5 Å². The number of fused-ring (bicyclic) bond motifs is 1. The fourth-order valence-electron chi connectivity index (χ4n) is 4.27. The molecule has 0 unspecified atom stereocenters. The summed E-state index contributed by atoms with van der Waals surface area (Å²) < 4.78 is 27.6. The van der Waals surface area contributed by atoms with E-state index in [4.69, 9.17) is 23.7 Å². The molecule has 38 heavy (non-hydrogen) atoms. The van der Waals surface area contributed by atoms with E-state index < -0.39 is 0 Å². The van der Waals surface area contributed by atoms with E-state index >= 15 is 0 Å². The molecule has 2 aromatic carbocycles. The maximum atomic E-state index is 12.8. The first-order valence-corrected chi connectivity index (χ1v) is 12.6. The second kappa shape index (κ2) is 13.8. The molecule has 0 bridgehead atoms. The van der Waals surface area contributed by atoms with Gasteiger partial charge in [0.2, 0.25) is 5.88 Å². The number of aromatic nitrogens is 2. The van der Waals surface area contributed by atoms with Crippen LogP contribution in [-0.4, -0.2) is 88.2 Å². The third-order valence-electron chi connectivity index (χ3n) is 6.33. The topological polar surface area (TPSA) is 116 Å². The molecule has 0 spiro atoms. The van der Waals surface area contributed by atoms with E-state index in [0.29, 0.717) is 52.7 Å². The van der Waals surface area contributed by atoms with Crippen LogP contribution in [0.25, 0.3) is 10.9 Å². The van der Waals surface area contributed by atoms with Crippen LogP contribution in [0.15, 0.2) is 36.7 Å². The molecule has 1 fully saturated rings. The van der Waals surface area contributed by atoms with Gasteiger partial charge in [-0.25, -0.2) is 9.97 Å². The molecule has 1 amide bonds. The highest BCUT2D eigenvalue weighted by Crippen LogP contribution is 2.34. The van der Waals surface area contributed by atoms with Gasteiger partial charge in [0.15, 0.2) is 0 Å². The second-order valence-electron chi connectivity index (χ2n) is 8.70. The Morgan fingerprint density at radius 2 is 1.79 bits per heavy atom. The zero-order valence-electron chi connectivity index (χ0n) is 22.1. The molecule has 4 rings (SSSR count). The maximum absolute atomic E-state index is 12.8. The molecule has 11 heteroatoms. The lowest BCUT2D eigenvalue weighted by Crippen LogP contribution is -2.38. The number of nitrogens with zero attached hydrogens (tertiary/aromatic N) is 3. The smallest absolute Gasteiger partial charge is 0.251 e. The van der Waals surface area contributed by atoms with Crippen molar-refractivity contribution in [3.63, 3.8) is 0 Å². The minimum atomic E-state index is -0.138. The van der Waals surface area contributed by atoms with Crippen LogP contribution in [0.5, 0.6) is 23.1 Å². The first kappa shape index (κ1) is 27.4. The lowest BCUT2D eigenvalue weighted by Gasteiger charge is -2.26. The molecule has 0 radical (unpaired) electrons. The Kier molecular flexibility index (Phi) is 9.90. The monoisotopic (exact) mass is 525 g/mol. The van der Waals surface area contributed by atoms with E-state index in [-0.39, 0.29) is 12.6 Å². The molecular weight excluding hydrogens is 490 g/mol. The van der Waals surface area contributed by atoms with Crippen molar-refractivity contribution in [2.45, 2.75) is 13.0 Å². The van der Waals surface area contributed by atoms with Crippen molar-refractivity contribution in [1.29, 1.82) is 0 Å². The van der Waals surface area contributed by atoms with Crippen LogP contribution in [0.4, 0.5) is 0 Å². The average molecular weight is 526 g/mol. The summed E-state index contributed by atoms with van der Waals surface area (Å²) in [4.78, 5) is 23.7. The molecule has 2 N–H and O–H groups in total. The van der Waals surface area contributed by atoms with Gasteiger partial charge >= 0.3 is 0 Å². The number of rotatable bonds is 13. The van der Waals surface area contributed by atoms with Crippen LogP contribution in [0.2, 0.25) is 0 Å². The predicted molar refractivity (Wildman–Crippen MR) is 142 cm³/mol. The van der Waals surface area contributed by atoms with Gasteiger partial charge in [0.1, 0.15) is 30.3 Å². The Morgan fingerprint density at radius 1 is 1.03 bits per heavy atom. The second-order valence-corrected chi connectivity index (χ2v) is 8.70. The Labute approximate surface area is 222 Å². The van der Waals surface area contributed by atoms with Crippen molar-refractivity contribution < 1.29 is 28.5 Å². The molecule has 0 aliphatic carbocycles. The first-order chi connectivity index (χ1) is 18.6. The average Bonchev–Trinajstić information content (AvgIpc) is 2.97. The summed E-state index contributed by atoms with van der Waals surface area (Å²) in [7, 11) is 4.78. The summed E-state index contributed by atoms with van der Waals surface area (Å²) in [6, 6.07) is 8.92. The summed E-state index contributed by atoms with van der Waals surface area (Å²) in [6.45, 7) is 5.57. The van der Waals surface area contributed by atoms with Crippen LogP contribution in [0.3, 0.4) is 0 Å². The summed E-state index contributed by atoms with van der Waals surface area (Å²) in [6.07, 6.45) is 2.32. The first-order valence-electron chi connectivity index (χ1n) is 12.6. The highest BCUT2D eigenvalue weighted by atomic mass is 16.5. The van der Waals surface area contributed by atoms with Gasteiger partial charge in [0, 0.05) is 43.9 Å². The Balaban J connectivity index is 1.34. The molecule has 3 aromatic rings. The number of morpholine rings is 1. The zero-order chi connectivity index (χ0) is 26.7. The Bertz CT molecular complexity index is 1190. The Morgan fingerprint density at radius 3 is 2.50 bits per heavy atom. The number of nitrogens with one attached hydrogen (secondary N) is 2. The third kappa shape index (κ3) is 7.00. The van der Waals surface area contributed by atoms with E-state index in [9.17, 15) is 4.79 Å². The van der Waals surface area contributed by atoms with Crippen LogP contribution < -0.4 is 29.6 Å². The fourth-order valence-corrected chi connectivity index (χ4v) is 4.27. The quantitative estimate of drug-likeness (QED) is 0.254. The number of hydrogen-bond donors (Lipinski definition) is 2. The molecule has 1 aromatic heterocycles. The molecule has 0 atom stereocenters. The number of carbonyl (C=O) groups is 1. The van der Waals surface area contributed by atoms with E-state index in [2.05, 4.69) is 25.5 Å². The number of methoxy groups -OCH3 is 3. The van der Waals surface area contributed by atoms with Gasteiger partial charge < -0.3 is 29.0 Å². The molecule has 204 valence electrons. The van der Waals surface area contributed by atoms with Gasteiger partial charge in [-0.2, -0.15) is 0 Å². The number of amides is 1. The third-order valence-corrected chi connectivity index (χ3v) is 6.33. The summed E-state index contributed by atoms with van der Waals surface area (Å²) in [5, 5.41) is 6.89. The SMILES string of the molecule is COc1cc(OC)c(CNCOc2ncnc3ccc(C(=O)NCCCN4CCOCC4)cc23)c(OC)c1. The van der Waals surface area contributed by atoms with E-state index in [1.165, 1.54) is 6.33 Å². The van der Waals surface area contributed by atoms with Gasteiger partial charge in [-0.1, -0.05) is 0 Å². The highest BCUT2D eigenvalue weighted by molar-refractivity contribution is 5.98. The van der Waals surface area contributed by atoms with Crippen molar-refractivity contribution in [1.82, 2.24) is 25.5 Å². The van der Waals surface area contributed by atoms with E-state index in [0.717, 1.165) is 44.8 Å². The fraction of sp³-hybridized carbons (Fsp3) is 0.444. The number of hydrogen-bond acceptors (Lipinski definition) is 10. The molecule has 1 saturated heterocycles. The van der Waals surface area contributed by atoms with E-state index in [1.807, 2.05) is 0 Å². The van der Waals surface area contributed by atoms with Crippen molar-refractivity contribution >= 4 is 16.8 Å². The molecule has 1 aliphatic heterocycles. The molecule has 0 saturated carbocycles. The number of carbonyl (C=O) groups excluding carboxylic acids is 1. The Hall–Kier alpha value is -3.67. The minimum absolute atomic E-state index is 0.138. The number of ether oxygens (including phenoxy) is 5. The van der Waals surface area contributed by atoms with E-state index in [1.54, 1.807) is 51.7 Å². The van der Waals surface area contributed by atoms with Crippen LogP contribution in [-0.2, 0) is 11.3 Å². The van der Waals surface area contributed by atoms with Gasteiger partial charge in [-0.3, -0.25) is 15.0 Å². The van der Waals surface area contributed by atoms with Gasteiger partial charge in [-0.15, -0.1) is 0 Å². The summed E-state index contributed by atoms with van der Waals surface area (Å²) >= 11 is 0. The lowest BCUT2D eigenvalue weighted by atomic mass is 10.1. The van der Waals surface area contributed by atoms with Crippen LogP contribution in [0, 0.1) is 0 Å². The van der Waals surface area contributed by atoms with Crippen molar-refractivity contribution in [3.8, 4) is 23.1 Å². The van der Waals surface area contributed by atoms with Gasteiger partial charge in [0.05, 0.1) is 51.0 Å². The highest BCUT2D eigenvalue weighted by Gasteiger charge is 2.15. The summed E-state index contributed by atoms with van der Waals surface area (Å²) in [5.41, 5.74) is 2.06. The number of benzene rings is 2. The standard InChI is InChI=1S/C27H35N5O6/c1-34-20-14-24(35-2)22(25(15-20)36-3)16-28-18-38-27-21-13-19(5-6-23(21)30-17-31-27)26(33)29-7-4-8-32-9-11-37-12-10-32/h5-6,13-15,17,28H,4,7-12,16,18H2,1-3H3,(H,29,33). The van der Waals surface area contributed by atoms with Gasteiger partial charge in [-0.05, 0) is 31.2 Å². The van der Waals surface area contributed by atoms with Crippen LogP contribution >= 0.6 is 0 Å².